The SMILES string of the molecule is CCC1(CC)CCN(c2ncc(N)cc2C(=O)OC)CC1. The van der Waals surface area contributed by atoms with Gasteiger partial charge in [-0.25, -0.2) is 9.78 Å². The molecule has 116 valence electrons. The van der Waals surface area contributed by atoms with Crippen molar-refractivity contribution in [2.45, 2.75) is 39.5 Å². The fraction of sp³-hybridized carbons (Fsp3) is 0.625. The summed E-state index contributed by atoms with van der Waals surface area (Å²) in [5.74, 6) is 0.310. The number of aromatic nitrogens is 1. The summed E-state index contributed by atoms with van der Waals surface area (Å²) in [5, 5.41) is 0. The van der Waals surface area contributed by atoms with Crippen molar-refractivity contribution in [1.82, 2.24) is 4.98 Å². The number of nitrogens with two attached hydrogens (primary N) is 1. The monoisotopic (exact) mass is 291 g/mol. The van der Waals surface area contributed by atoms with Crippen molar-refractivity contribution in [2.24, 2.45) is 5.41 Å². The fourth-order valence-electron chi connectivity index (χ4n) is 3.14. The van der Waals surface area contributed by atoms with E-state index in [2.05, 4.69) is 23.7 Å². The van der Waals surface area contributed by atoms with Crippen LogP contribution in [0.2, 0.25) is 0 Å². The molecule has 0 unspecified atom stereocenters. The zero-order valence-electron chi connectivity index (χ0n) is 13.2. The molecular formula is C16H25N3O2. The van der Waals surface area contributed by atoms with E-state index in [1.807, 2.05) is 0 Å². The molecule has 0 radical (unpaired) electrons. The van der Waals surface area contributed by atoms with E-state index in [0.29, 0.717) is 22.5 Å². The number of pyridine rings is 1. The molecular weight excluding hydrogens is 266 g/mol. The molecule has 1 aliphatic rings. The molecule has 0 spiro atoms. The molecule has 1 aliphatic heterocycles. The van der Waals surface area contributed by atoms with Crippen molar-refractivity contribution in [2.75, 3.05) is 30.8 Å². The highest BCUT2D eigenvalue weighted by atomic mass is 16.5. The lowest BCUT2D eigenvalue weighted by Gasteiger charge is -2.41. The van der Waals surface area contributed by atoms with Crippen LogP contribution in [0.15, 0.2) is 12.3 Å². The third kappa shape index (κ3) is 3.12. The quantitative estimate of drug-likeness (QED) is 0.864. The van der Waals surface area contributed by atoms with E-state index in [1.165, 1.54) is 20.0 Å². The summed E-state index contributed by atoms with van der Waals surface area (Å²) in [5.41, 5.74) is 7.12. The number of rotatable bonds is 4. The van der Waals surface area contributed by atoms with Crippen molar-refractivity contribution < 1.29 is 9.53 Å². The Hall–Kier alpha value is -1.78. The van der Waals surface area contributed by atoms with Gasteiger partial charge in [0.05, 0.1) is 19.0 Å². The minimum atomic E-state index is -0.382. The van der Waals surface area contributed by atoms with E-state index in [-0.39, 0.29) is 5.97 Å². The van der Waals surface area contributed by atoms with Gasteiger partial charge in [-0.1, -0.05) is 26.7 Å². The number of nitrogens with zero attached hydrogens (tertiary/aromatic N) is 2. The third-order valence-corrected chi connectivity index (χ3v) is 4.92. The van der Waals surface area contributed by atoms with E-state index in [0.717, 1.165) is 25.9 Å². The zero-order chi connectivity index (χ0) is 15.5. The molecule has 0 amide bonds. The highest BCUT2D eigenvalue weighted by Gasteiger charge is 2.32. The Balaban J connectivity index is 2.22. The molecule has 1 aromatic heterocycles. The van der Waals surface area contributed by atoms with E-state index < -0.39 is 0 Å². The highest BCUT2D eigenvalue weighted by Crippen LogP contribution is 2.39. The summed E-state index contributed by atoms with van der Waals surface area (Å²) < 4.78 is 4.84. The molecule has 1 saturated heterocycles. The lowest BCUT2D eigenvalue weighted by Crippen LogP contribution is -2.40. The number of carbonyl (C=O) groups is 1. The Labute approximate surface area is 126 Å². The predicted octanol–water partition coefficient (Wildman–Crippen LogP) is 2.86. The van der Waals surface area contributed by atoms with Crippen LogP contribution in [0.5, 0.6) is 0 Å². The molecule has 21 heavy (non-hydrogen) atoms. The van der Waals surface area contributed by atoms with Crippen LogP contribution in [-0.4, -0.2) is 31.2 Å². The topological polar surface area (TPSA) is 68.5 Å². The van der Waals surface area contributed by atoms with Crippen molar-refractivity contribution in [1.29, 1.82) is 0 Å². The van der Waals surface area contributed by atoms with Gasteiger partial charge in [-0.15, -0.1) is 0 Å². The smallest absolute Gasteiger partial charge is 0.341 e. The van der Waals surface area contributed by atoms with E-state index >= 15 is 0 Å². The first kappa shape index (κ1) is 15.6. The Morgan fingerprint density at radius 2 is 2.00 bits per heavy atom. The minimum absolute atomic E-state index is 0.382. The molecule has 2 rings (SSSR count). The van der Waals surface area contributed by atoms with Crippen LogP contribution in [0, 0.1) is 5.41 Å². The van der Waals surface area contributed by atoms with Gasteiger partial charge in [-0.05, 0) is 24.3 Å². The second-order valence-corrected chi connectivity index (χ2v) is 5.83. The van der Waals surface area contributed by atoms with Gasteiger partial charge in [-0.2, -0.15) is 0 Å². The standard InChI is InChI=1S/C16H25N3O2/c1-4-16(5-2)6-8-19(9-7-16)14-13(15(20)21-3)10-12(17)11-18-14/h10-11H,4-9,17H2,1-3H3. The van der Waals surface area contributed by atoms with Gasteiger partial charge in [0.15, 0.2) is 0 Å². The van der Waals surface area contributed by atoms with Gasteiger partial charge in [0.1, 0.15) is 11.4 Å². The number of nitrogen functional groups attached to an aromatic ring is 1. The van der Waals surface area contributed by atoms with Gasteiger partial charge in [0, 0.05) is 13.1 Å². The van der Waals surface area contributed by atoms with E-state index in [4.69, 9.17) is 10.5 Å². The highest BCUT2D eigenvalue weighted by molar-refractivity contribution is 5.95. The van der Waals surface area contributed by atoms with Gasteiger partial charge in [-0.3, -0.25) is 0 Å². The van der Waals surface area contributed by atoms with Crippen LogP contribution in [0.25, 0.3) is 0 Å². The molecule has 1 fully saturated rings. The summed E-state index contributed by atoms with van der Waals surface area (Å²) in [6, 6.07) is 1.65. The molecule has 2 N–H and O–H groups in total. The summed E-state index contributed by atoms with van der Waals surface area (Å²) in [6.45, 7) is 6.37. The lowest BCUT2D eigenvalue weighted by molar-refractivity contribution is 0.0601. The van der Waals surface area contributed by atoms with Crippen molar-refractivity contribution in [3.8, 4) is 0 Å². The van der Waals surface area contributed by atoms with Gasteiger partial charge >= 0.3 is 5.97 Å². The molecule has 0 aromatic carbocycles. The van der Waals surface area contributed by atoms with Crippen molar-refractivity contribution in [3.05, 3.63) is 17.8 Å². The molecule has 5 nitrogen and oxygen atoms in total. The summed E-state index contributed by atoms with van der Waals surface area (Å²) in [4.78, 5) is 18.5. The number of methoxy groups -OCH3 is 1. The number of ether oxygens (including phenoxy) is 1. The second-order valence-electron chi connectivity index (χ2n) is 5.83. The summed E-state index contributed by atoms with van der Waals surface area (Å²) in [6.07, 6.45) is 6.27. The maximum atomic E-state index is 11.9. The molecule has 0 saturated carbocycles. The first-order valence-electron chi connectivity index (χ1n) is 7.64. The van der Waals surface area contributed by atoms with Crippen molar-refractivity contribution in [3.63, 3.8) is 0 Å². The largest absolute Gasteiger partial charge is 0.465 e. The van der Waals surface area contributed by atoms with Gasteiger partial charge < -0.3 is 15.4 Å². The number of hydrogen-bond acceptors (Lipinski definition) is 5. The average molecular weight is 291 g/mol. The van der Waals surface area contributed by atoms with Crippen LogP contribution >= 0.6 is 0 Å². The van der Waals surface area contributed by atoms with Crippen LogP contribution in [0.1, 0.15) is 49.9 Å². The number of anilines is 2. The molecule has 5 heteroatoms. The number of hydrogen-bond donors (Lipinski definition) is 1. The lowest BCUT2D eigenvalue weighted by atomic mass is 9.74. The number of piperidine rings is 1. The van der Waals surface area contributed by atoms with Gasteiger partial charge in [0.2, 0.25) is 0 Å². The average Bonchev–Trinajstić information content (AvgIpc) is 2.54. The summed E-state index contributed by atoms with van der Waals surface area (Å²) >= 11 is 0. The van der Waals surface area contributed by atoms with Crippen LogP contribution in [0.3, 0.4) is 0 Å². The number of esters is 1. The minimum Gasteiger partial charge on any atom is -0.465 e. The van der Waals surface area contributed by atoms with E-state index in [9.17, 15) is 4.79 Å². The molecule has 0 bridgehead atoms. The van der Waals surface area contributed by atoms with E-state index in [1.54, 1.807) is 12.3 Å². The Morgan fingerprint density at radius 1 is 1.38 bits per heavy atom. The third-order valence-electron chi connectivity index (χ3n) is 4.92. The van der Waals surface area contributed by atoms with Crippen LogP contribution in [-0.2, 0) is 4.74 Å². The predicted molar refractivity (Wildman–Crippen MR) is 84.5 cm³/mol. The molecule has 0 atom stereocenters. The van der Waals surface area contributed by atoms with Crippen LogP contribution < -0.4 is 10.6 Å². The first-order chi connectivity index (χ1) is 10.0. The van der Waals surface area contributed by atoms with Crippen molar-refractivity contribution >= 4 is 17.5 Å². The Kier molecular flexibility index (Phi) is 4.70. The Bertz CT molecular complexity index is 502. The Morgan fingerprint density at radius 3 is 2.52 bits per heavy atom. The molecule has 1 aromatic rings. The first-order valence-corrected chi connectivity index (χ1v) is 7.64. The maximum Gasteiger partial charge on any atom is 0.341 e. The van der Waals surface area contributed by atoms with Gasteiger partial charge in [0.25, 0.3) is 0 Å². The zero-order valence-corrected chi connectivity index (χ0v) is 13.2. The summed E-state index contributed by atoms with van der Waals surface area (Å²) in [7, 11) is 1.38. The molecule has 2 heterocycles. The van der Waals surface area contributed by atoms with Crippen LogP contribution in [0.4, 0.5) is 11.5 Å². The maximum absolute atomic E-state index is 11.9. The second kappa shape index (κ2) is 6.33. The normalized spacial score (nSPS) is 17.6. The fourth-order valence-corrected chi connectivity index (χ4v) is 3.14. The number of carbonyl (C=O) groups excluding carboxylic acids is 1. The molecule has 0 aliphatic carbocycles.